The maximum absolute atomic E-state index is 12.3. The summed E-state index contributed by atoms with van der Waals surface area (Å²) < 4.78 is 32.1. The normalized spacial score (nSPS) is 13.2. The number of nitrogens with one attached hydrogen (secondary N) is 1. The maximum Gasteiger partial charge on any atom is 0.323 e. The van der Waals surface area contributed by atoms with Gasteiger partial charge in [-0.2, -0.15) is 4.72 Å². The highest BCUT2D eigenvalue weighted by atomic mass is 79.9. The van der Waals surface area contributed by atoms with Crippen LogP contribution in [-0.2, 0) is 19.6 Å². The SMILES string of the molecule is COC(=O)[C@@H](CC(C)C)NS(=O)(=O)c1ccccc1Br. The lowest BCUT2D eigenvalue weighted by Crippen LogP contribution is -2.42. The van der Waals surface area contributed by atoms with E-state index in [-0.39, 0.29) is 10.8 Å². The average molecular weight is 364 g/mol. The minimum absolute atomic E-state index is 0.0951. The van der Waals surface area contributed by atoms with E-state index in [1.807, 2.05) is 13.8 Å². The summed E-state index contributed by atoms with van der Waals surface area (Å²) in [5.74, 6) is -0.435. The van der Waals surface area contributed by atoms with Crippen molar-refractivity contribution in [3.05, 3.63) is 28.7 Å². The van der Waals surface area contributed by atoms with Crippen molar-refractivity contribution in [1.29, 1.82) is 0 Å². The molecule has 0 amide bonds. The molecule has 7 heteroatoms. The number of ether oxygens (including phenoxy) is 1. The molecule has 0 aliphatic carbocycles. The third kappa shape index (κ3) is 4.57. The van der Waals surface area contributed by atoms with E-state index in [1.54, 1.807) is 18.2 Å². The Hall–Kier alpha value is -0.920. The molecule has 5 nitrogen and oxygen atoms in total. The minimum Gasteiger partial charge on any atom is -0.468 e. The van der Waals surface area contributed by atoms with Crippen molar-refractivity contribution in [3.63, 3.8) is 0 Å². The summed E-state index contributed by atoms with van der Waals surface area (Å²) in [4.78, 5) is 11.8. The molecule has 0 bridgehead atoms. The predicted molar refractivity (Wildman–Crippen MR) is 79.7 cm³/mol. The molecule has 0 saturated heterocycles. The van der Waals surface area contributed by atoms with Gasteiger partial charge in [-0.25, -0.2) is 8.42 Å². The number of benzene rings is 1. The summed E-state index contributed by atoms with van der Waals surface area (Å²) in [5.41, 5.74) is 0. The molecule has 0 radical (unpaired) electrons. The molecule has 112 valence electrons. The van der Waals surface area contributed by atoms with Gasteiger partial charge in [0.2, 0.25) is 10.0 Å². The number of hydrogen-bond donors (Lipinski definition) is 1. The highest BCUT2D eigenvalue weighted by Crippen LogP contribution is 2.22. The molecule has 0 spiro atoms. The summed E-state index contributed by atoms with van der Waals surface area (Å²) in [7, 11) is -2.55. The molecule has 1 rings (SSSR count). The largest absolute Gasteiger partial charge is 0.468 e. The van der Waals surface area contributed by atoms with Crippen molar-refractivity contribution in [3.8, 4) is 0 Å². The highest BCUT2D eigenvalue weighted by molar-refractivity contribution is 9.10. The fraction of sp³-hybridized carbons (Fsp3) is 0.462. The third-order valence-corrected chi connectivity index (χ3v) is 5.10. The summed E-state index contributed by atoms with van der Waals surface area (Å²) >= 11 is 3.19. The Morgan fingerprint density at radius 2 is 1.95 bits per heavy atom. The van der Waals surface area contributed by atoms with Gasteiger partial charge in [0.1, 0.15) is 6.04 Å². The van der Waals surface area contributed by atoms with E-state index >= 15 is 0 Å². The molecule has 1 N–H and O–H groups in total. The van der Waals surface area contributed by atoms with Gasteiger partial charge in [-0.1, -0.05) is 26.0 Å². The topological polar surface area (TPSA) is 72.5 Å². The lowest BCUT2D eigenvalue weighted by molar-refractivity contribution is -0.143. The van der Waals surface area contributed by atoms with E-state index < -0.39 is 22.0 Å². The molecule has 0 unspecified atom stereocenters. The number of rotatable bonds is 6. The maximum atomic E-state index is 12.3. The Morgan fingerprint density at radius 1 is 1.35 bits per heavy atom. The van der Waals surface area contributed by atoms with Crippen molar-refractivity contribution in [1.82, 2.24) is 4.72 Å². The number of hydrogen-bond acceptors (Lipinski definition) is 4. The van der Waals surface area contributed by atoms with E-state index in [1.165, 1.54) is 13.2 Å². The van der Waals surface area contributed by atoms with Gasteiger partial charge in [-0.3, -0.25) is 4.79 Å². The zero-order chi connectivity index (χ0) is 15.3. The quantitative estimate of drug-likeness (QED) is 0.787. The Balaban J connectivity index is 3.03. The van der Waals surface area contributed by atoms with Crippen LogP contribution in [0.5, 0.6) is 0 Å². The minimum atomic E-state index is -3.79. The zero-order valence-corrected chi connectivity index (χ0v) is 14.0. The van der Waals surface area contributed by atoms with Crippen LogP contribution in [0.3, 0.4) is 0 Å². The number of carbonyl (C=O) groups is 1. The third-order valence-electron chi connectivity index (χ3n) is 2.62. The van der Waals surface area contributed by atoms with Gasteiger partial charge in [0.05, 0.1) is 12.0 Å². The van der Waals surface area contributed by atoms with Crippen LogP contribution in [0.2, 0.25) is 0 Å². The first-order chi connectivity index (χ1) is 9.27. The van der Waals surface area contributed by atoms with Crippen LogP contribution in [0.1, 0.15) is 20.3 Å². The molecule has 0 heterocycles. The number of methoxy groups -OCH3 is 1. The summed E-state index contributed by atoms with van der Waals surface area (Å²) in [6.45, 7) is 3.81. The highest BCUT2D eigenvalue weighted by Gasteiger charge is 2.28. The van der Waals surface area contributed by atoms with Gasteiger partial charge in [0.25, 0.3) is 0 Å². The van der Waals surface area contributed by atoms with Crippen LogP contribution >= 0.6 is 15.9 Å². The molecule has 0 saturated carbocycles. The summed E-state index contributed by atoms with van der Waals surface area (Å²) in [6.07, 6.45) is 0.371. The summed E-state index contributed by atoms with van der Waals surface area (Å²) in [6, 6.07) is 5.54. The van der Waals surface area contributed by atoms with Crippen LogP contribution in [-0.4, -0.2) is 27.5 Å². The fourth-order valence-electron chi connectivity index (χ4n) is 1.72. The van der Waals surface area contributed by atoms with Gasteiger partial charge in [-0.15, -0.1) is 0 Å². The van der Waals surface area contributed by atoms with Gasteiger partial charge in [0, 0.05) is 4.47 Å². The van der Waals surface area contributed by atoms with Crippen molar-refractivity contribution in [2.45, 2.75) is 31.2 Å². The molecular weight excluding hydrogens is 346 g/mol. The monoisotopic (exact) mass is 363 g/mol. The van der Waals surface area contributed by atoms with Gasteiger partial charge in [-0.05, 0) is 40.4 Å². The van der Waals surface area contributed by atoms with Gasteiger partial charge >= 0.3 is 5.97 Å². The smallest absolute Gasteiger partial charge is 0.323 e. The van der Waals surface area contributed by atoms with Crippen LogP contribution in [0.4, 0.5) is 0 Å². The first kappa shape index (κ1) is 17.1. The van der Waals surface area contributed by atoms with E-state index in [9.17, 15) is 13.2 Å². The Labute approximate surface area is 127 Å². The second kappa shape index (κ2) is 7.19. The second-order valence-corrected chi connectivity index (χ2v) is 7.29. The molecule has 1 aromatic rings. The lowest BCUT2D eigenvalue weighted by Gasteiger charge is -2.18. The Kier molecular flexibility index (Phi) is 6.16. The molecule has 0 aliphatic heterocycles. The van der Waals surface area contributed by atoms with Gasteiger partial charge in [0.15, 0.2) is 0 Å². The van der Waals surface area contributed by atoms with E-state index in [0.717, 1.165) is 0 Å². The van der Waals surface area contributed by atoms with E-state index in [2.05, 4.69) is 25.4 Å². The molecule has 0 fully saturated rings. The van der Waals surface area contributed by atoms with Crippen LogP contribution in [0.15, 0.2) is 33.6 Å². The number of esters is 1. The Bertz CT molecular complexity index is 571. The van der Waals surface area contributed by atoms with Crippen molar-refractivity contribution in [2.75, 3.05) is 7.11 Å². The molecule has 0 aliphatic rings. The zero-order valence-electron chi connectivity index (χ0n) is 11.6. The molecule has 0 aromatic heterocycles. The number of carbonyl (C=O) groups excluding carboxylic acids is 1. The Morgan fingerprint density at radius 3 is 2.45 bits per heavy atom. The number of halogens is 1. The van der Waals surface area contributed by atoms with Crippen molar-refractivity contribution >= 4 is 31.9 Å². The molecule has 20 heavy (non-hydrogen) atoms. The van der Waals surface area contributed by atoms with Gasteiger partial charge < -0.3 is 4.74 Å². The van der Waals surface area contributed by atoms with E-state index in [4.69, 9.17) is 0 Å². The standard InChI is InChI=1S/C13H18BrNO4S/c1-9(2)8-11(13(16)19-3)15-20(17,18)12-7-5-4-6-10(12)14/h4-7,9,11,15H,8H2,1-3H3/t11-/m1/s1. The molecule has 1 atom stereocenters. The van der Waals surface area contributed by atoms with Crippen molar-refractivity contribution in [2.24, 2.45) is 5.92 Å². The van der Waals surface area contributed by atoms with E-state index in [0.29, 0.717) is 10.9 Å². The first-order valence-electron chi connectivity index (χ1n) is 6.12. The number of sulfonamides is 1. The summed E-state index contributed by atoms with van der Waals surface area (Å²) in [5, 5.41) is 0. The van der Waals surface area contributed by atoms with Crippen LogP contribution in [0.25, 0.3) is 0 Å². The lowest BCUT2D eigenvalue weighted by atomic mass is 10.1. The fourth-order valence-corrected chi connectivity index (χ4v) is 3.92. The predicted octanol–water partition coefficient (Wildman–Crippen LogP) is 2.32. The molecule has 1 aromatic carbocycles. The van der Waals surface area contributed by atoms with Crippen LogP contribution < -0.4 is 4.72 Å². The first-order valence-corrected chi connectivity index (χ1v) is 8.40. The van der Waals surface area contributed by atoms with Crippen molar-refractivity contribution < 1.29 is 17.9 Å². The molecular formula is C13H18BrNO4S. The second-order valence-electron chi connectivity index (χ2n) is 4.76. The average Bonchev–Trinajstić information content (AvgIpc) is 2.36. The van der Waals surface area contributed by atoms with Crippen LogP contribution in [0, 0.1) is 5.92 Å².